The molecule has 1 aromatic carbocycles. The van der Waals surface area contributed by atoms with Crippen LogP contribution in [-0.4, -0.2) is 23.5 Å². The predicted octanol–water partition coefficient (Wildman–Crippen LogP) is 3.35. The van der Waals surface area contributed by atoms with E-state index in [9.17, 15) is 4.39 Å². The second-order valence-electron chi connectivity index (χ2n) is 5.72. The summed E-state index contributed by atoms with van der Waals surface area (Å²) in [5.74, 6) is -0.190. The van der Waals surface area contributed by atoms with Crippen LogP contribution in [0.4, 0.5) is 4.39 Å². The first-order chi connectivity index (χ1) is 8.81. The zero-order valence-corrected chi connectivity index (χ0v) is 12.8. The molecule has 0 saturated carbocycles. The smallest absolute Gasteiger partial charge is 0.123 e. The summed E-state index contributed by atoms with van der Waals surface area (Å²) in [4.78, 5) is 2.80. The number of nitrogens with zero attached hydrogens (tertiary/aromatic N) is 1. The van der Waals surface area contributed by atoms with Gasteiger partial charge in [0.2, 0.25) is 0 Å². The third-order valence-electron chi connectivity index (χ3n) is 3.37. The molecular weight excluding hydrogens is 259 g/mol. The Hall–Kier alpha value is -1.00. The first kappa shape index (κ1) is 16.1. The fourth-order valence-electron chi connectivity index (χ4n) is 1.89. The highest BCUT2D eigenvalue weighted by atomic mass is 32.1. The number of nitrogens with two attached hydrogens (primary N) is 1. The van der Waals surface area contributed by atoms with Gasteiger partial charge in [0, 0.05) is 12.0 Å². The van der Waals surface area contributed by atoms with E-state index in [0.29, 0.717) is 4.99 Å². The Morgan fingerprint density at radius 1 is 1.32 bits per heavy atom. The molecule has 4 heteroatoms. The Kier molecular flexibility index (Phi) is 5.88. The number of halogens is 1. The van der Waals surface area contributed by atoms with Crippen LogP contribution < -0.4 is 5.73 Å². The van der Waals surface area contributed by atoms with Gasteiger partial charge in [-0.3, -0.25) is 0 Å². The number of hydrogen-bond acceptors (Lipinski definition) is 2. The standard InChI is InChI=1S/C15H23FN2S/c1-15(2,14(17)19)9-4-10-18(3)11-12-5-7-13(16)8-6-12/h5-8H,4,9-11H2,1-3H3,(H2,17,19). The van der Waals surface area contributed by atoms with Crippen molar-refractivity contribution in [3.8, 4) is 0 Å². The van der Waals surface area contributed by atoms with E-state index in [2.05, 4.69) is 25.8 Å². The maximum absolute atomic E-state index is 12.8. The highest BCUT2D eigenvalue weighted by molar-refractivity contribution is 7.80. The fourth-order valence-corrected chi connectivity index (χ4v) is 2.00. The molecule has 0 saturated heterocycles. The number of hydrogen-bond donors (Lipinski definition) is 1. The molecule has 106 valence electrons. The predicted molar refractivity (Wildman–Crippen MR) is 82.5 cm³/mol. The van der Waals surface area contributed by atoms with Crippen LogP contribution in [-0.2, 0) is 6.54 Å². The Bertz CT molecular complexity index is 415. The number of thiocarbonyl (C=S) groups is 1. The van der Waals surface area contributed by atoms with Crippen molar-refractivity contribution < 1.29 is 4.39 Å². The molecular formula is C15H23FN2S. The Labute approximate surface area is 120 Å². The highest BCUT2D eigenvalue weighted by Crippen LogP contribution is 2.22. The van der Waals surface area contributed by atoms with Crippen molar-refractivity contribution >= 4 is 17.2 Å². The molecule has 2 N–H and O–H groups in total. The van der Waals surface area contributed by atoms with E-state index in [-0.39, 0.29) is 11.2 Å². The molecule has 0 heterocycles. The van der Waals surface area contributed by atoms with Crippen molar-refractivity contribution in [1.82, 2.24) is 4.90 Å². The second kappa shape index (κ2) is 6.96. The maximum Gasteiger partial charge on any atom is 0.123 e. The molecule has 0 aliphatic heterocycles. The van der Waals surface area contributed by atoms with Gasteiger partial charge in [-0.15, -0.1) is 0 Å². The van der Waals surface area contributed by atoms with E-state index < -0.39 is 0 Å². The summed E-state index contributed by atoms with van der Waals surface area (Å²) in [6.07, 6.45) is 2.03. The lowest BCUT2D eigenvalue weighted by molar-refractivity contribution is 0.301. The van der Waals surface area contributed by atoms with Gasteiger partial charge >= 0.3 is 0 Å². The molecule has 0 spiro atoms. The first-order valence-corrected chi connectivity index (χ1v) is 6.95. The molecule has 0 atom stereocenters. The van der Waals surface area contributed by atoms with E-state index in [0.717, 1.165) is 31.5 Å². The van der Waals surface area contributed by atoms with Crippen LogP contribution in [0.1, 0.15) is 32.3 Å². The fraction of sp³-hybridized carbons (Fsp3) is 0.533. The van der Waals surface area contributed by atoms with Crippen molar-refractivity contribution in [2.45, 2.75) is 33.2 Å². The lowest BCUT2D eigenvalue weighted by atomic mass is 9.88. The van der Waals surface area contributed by atoms with Crippen LogP contribution in [0, 0.1) is 11.2 Å². The third kappa shape index (κ3) is 5.66. The Morgan fingerprint density at radius 2 is 1.89 bits per heavy atom. The van der Waals surface area contributed by atoms with Gasteiger partial charge in [0.1, 0.15) is 5.82 Å². The third-order valence-corrected chi connectivity index (χ3v) is 3.93. The zero-order valence-electron chi connectivity index (χ0n) is 11.9. The van der Waals surface area contributed by atoms with Gasteiger partial charge in [-0.25, -0.2) is 4.39 Å². The maximum atomic E-state index is 12.8. The minimum atomic E-state index is -0.190. The molecule has 0 aliphatic rings. The lowest BCUT2D eigenvalue weighted by Crippen LogP contribution is -2.30. The minimum absolute atomic E-state index is 0.0773. The molecule has 19 heavy (non-hydrogen) atoms. The van der Waals surface area contributed by atoms with Gasteiger partial charge in [-0.1, -0.05) is 38.2 Å². The van der Waals surface area contributed by atoms with E-state index >= 15 is 0 Å². The van der Waals surface area contributed by atoms with Gasteiger partial charge in [-0.2, -0.15) is 0 Å². The summed E-state index contributed by atoms with van der Waals surface area (Å²) >= 11 is 5.06. The van der Waals surface area contributed by atoms with Crippen LogP contribution >= 0.6 is 12.2 Å². The van der Waals surface area contributed by atoms with E-state index in [4.69, 9.17) is 18.0 Å². The lowest BCUT2D eigenvalue weighted by Gasteiger charge is -2.24. The molecule has 2 nitrogen and oxygen atoms in total. The van der Waals surface area contributed by atoms with Gasteiger partial charge in [0.05, 0.1) is 4.99 Å². The van der Waals surface area contributed by atoms with Crippen molar-refractivity contribution in [2.75, 3.05) is 13.6 Å². The van der Waals surface area contributed by atoms with Crippen LogP contribution in [0.25, 0.3) is 0 Å². The van der Waals surface area contributed by atoms with Crippen LogP contribution in [0.3, 0.4) is 0 Å². The molecule has 0 unspecified atom stereocenters. The van der Waals surface area contributed by atoms with Gasteiger partial charge in [-0.05, 0) is 44.1 Å². The van der Waals surface area contributed by atoms with Crippen LogP contribution in [0.5, 0.6) is 0 Å². The summed E-state index contributed by atoms with van der Waals surface area (Å²) in [6, 6.07) is 6.65. The quantitative estimate of drug-likeness (QED) is 0.778. The SMILES string of the molecule is CN(CCCC(C)(C)C(N)=S)Cc1ccc(F)cc1. The van der Waals surface area contributed by atoms with Crippen molar-refractivity contribution in [3.63, 3.8) is 0 Å². The Balaban J connectivity index is 2.34. The molecule has 0 amide bonds. The zero-order chi connectivity index (χ0) is 14.5. The monoisotopic (exact) mass is 282 g/mol. The van der Waals surface area contributed by atoms with Gasteiger partial charge < -0.3 is 10.6 Å². The van der Waals surface area contributed by atoms with Crippen molar-refractivity contribution in [2.24, 2.45) is 11.1 Å². The number of benzene rings is 1. The van der Waals surface area contributed by atoms with Crippen molar-refractivity contribution in [1.29, 1.82) is 0 Å². The molecule has 0 aromatic heterocycles. The highest BCUT2D eigenvalue weighted by Gasteiger charge is 2.20. The summed E-state index contributed by atoms with van der Waals surface area (Å²) in [6.45, 7) is 5.96. The molecule has 1 rings (SSSR count). The number of rotatable bonds is 7. The second-order valence-corrected chi connectivity index (χ2v) is 6.16. The average molecular weight is 282 g/mol. The molecule has 0 radical (unpaired) electrons. The van der Waals surface area contributed by atoms with E-state index in [1.54, 1.807) is 0 Å². The molecule has 0 fully saturated rings. The molecule has 0 aliphatic carbocycles. The minimum Gasteiger partial charge on any atom is -0.393 e. The van der Waals surface area contributed by atoms with Crippen LogP contribution in [0.15, 0.2) is 24.3 Å². The summed E-state index contributed by atoms with van der Waals surface area (Å²) in [5, 5.41) is 0. The molecule has 1 aromatic rings. The van der Waals surface area contributed by atoms with E-state index in [1.807, 2.05) is 12.1 Å². The van der Waals surface area contributed by atoms with Gasteiger partial charge in [0.15, 0.2) is 0 Å². The first-order valence-electron chi connectivity index (χ1n) is 6.54. The molecule has 0 bridgehead atoms. The Morgan fingerprint density at radius 3 is 2.42 bits per heavy atom. The summed E-state index contributed by atoms with van der Waals surface area (Å²) in [5.41, 5.74) is 6.75. The van der Waals surface area contributed by atoms with E-state index in [1.165, 1.54) is 12.1 Å². The average Bonchev–Trinajstić information content (AvgIpc) is 2.31. The normalized spacial score (nSPS) is 11.8. The largest absolute Gasteiger partial charge is 0.393 e. The summed E-state index contributed by atoms with van der Waals surface area (Å²) in [7, 11) is 2.07. The summed E-state index contributed by atoms with van der Waals surface area (Å²) < 4.78 is 12.8. The van der Waals surface area contributed by atoms with Crippen LogP contribution in [0.2, 0.25) is 0 Å². The topological polar surface area (TPSA) is 29.3 Å². The van der Waals surface area contributed by atoms with Crippen molar-refractivity contribution in [3.05, 3.63) is 35.6 Å². The van der Waals surface area contributed by atoms with Gasteiger partial charge in [0.25, 0.3) is 0 Å².